The summed E-state index contributed by atoms with van der Waals surface area (Å²) >= 11 is 0. The Balaban J connectivity index is 1.50. The third-order valence-electron chi connectivity index (χ3n) is 4.62. The first-order chi connectivity index (χ1) is 11.8. The summed E-state index contributed by atoms with van der Waals surface area (Å²) in [5, 5.41) is 4.26. The molecule has 0 bridgehead atoms. The molecule has 0 spiro atoms. The van der Waals surface area contributed by atoms with Crippen molar-refractivity contribution in [2.24, 2.45) is 0 Å². The van der Waals surface area contributed by atoms with E-state index < -0.39 is 0 Å². The molecule has 1 saturated heterocycles. The Morgan fingerprint density at radius 3 is 2.79 bits per heavy atom. The van der Waals surface area contributed by atoms with Crippen LogP contribution in [0.5, 0.6) is 0 Å². The zero-order chi connectivity index (χ0) is 16.4. The van der Waals surface area contributed by atoms with Gasteiger partial charge >= 0.3 is 0 Å². The molecule has 0 unspecified atom stereocenters. The Morgan fingerprint density at radius 2 is 2.12 bits per heavy atom. The van der Waals surface area contributed by atoms with E-state index in [9.17, 15) is 0 Å². The minimum atomic E-state index is 0.253. The summed E-state index contributed by atoms with van der Waals surface area (Å²) in [5.74, 6) is 1.02. The molecule has 6 nitrogen and oxygen atoms in total. The molecule has 0 amide bonds. The molecule has 4 rings (SSSR count). The molecule has 0 aliphatic carbocycles. The molecule has 2 atom stereocenters. The zero-order valence-electron chi connectivity index (χ0n) is 13.7. The van der Waals surface area contributed by atoms with E-state index >= 15 is 0 Å². The molecule has 6 heteroatoms. The second kappa shape index (κ2) is 6.59. The summed E-state index contributed by atoms with van der Waals surface area (Å²) in [7, 11) is 1.78. The summed E-state index contributed by atoms with van der Waals surface area (Å²) in [6, 6.07) is 10.7. The monoisotopic (exact) mass is 323 g/mol. The molecular weight excluding hydrogens is 302 g/mol. The topological polar surface area (TPSA) is 59.0 Å². The van der Waals surface area contributed by atoms with Crippen LogP contribution in [0.2, 0.25) is 0 Å². The lowest BCUT2D eigenvalue weighted by atomic mass is 10.1. The molecule has 3 aromatic rings. The number of rotatable bonds is 5. The van der Waals surface area contributed by atoms with Gasteiger partial charge in [-0.15, -0.1) is 0 Å². The third kappa shape index (κ3) is 2.98. The van der Waals surface area contributed by atoms with Crippen molar-refractivity contribution in [3.05, 3.63) is 66.5 Å². The highest BCUT2D eigenvalue weighted by Crippen LogP contribution is 2.32. The van der Waals surface area contributed by atoms with E-state index in [1.807, 2.05) is 29.3 Å². The summed E-state index contributed by atoms with van der Waals surface area (Å²) in [6.07, 6.45) is 8.65. The number of aromatic amines is 1. The molecule has 1 aromatic carbocycles. The van der Waals surface area contributed by atoms with Crippen LogP contribution in [0, 0.1) is 0 Å². The largest absolute Gasteiger partial charge is 0.380 e. The number of ether oxygens (including phenoxy) is 1. The Bertz CT molecular complexity index is 751. The van der Waals surface area contributed by atoms with E-state index in [1.54, 1.807) is 13.3 Å². The maximum absolute atomic E-state index is 5.58. The molecule has 1 aliphatic heterocycles. The number of nitrogens with zero attached hydrogens (tertiary/aromatic N) is 4. The van der Waals surface area contributed by atoms with Gasteiger partial charge in [-0.05, 0) is 30.2 Å². The number of aromatic nitrogens is 4. The summed E-state index contributed by atoms with van der Waals surface area (Å²) in [6.45, 7) is 1.80. The zero-order valence-corrected chi connectivity index (χ0v) is 13.7. The maximum Gasteiger partial charge on any atom is 0.123 e. The Labute approximate surface area is 141 Å². The molecule has 1 fully saturated rings. The number of likely N-dealkylation sites (tertiary alicyclic amines) is 1. The van der Waals surface area contributed by atoms with Crippen molar-refractivity contribution in [3.63, 3.8) is 0 Å². The van der Waals surface area contributed by atoms with Gasteiger partial charge in [0.05, 0.1) is 17.8 Å². The van der Waals surface area contributed by atoms with Crippen LogP contribution in [0.4, 0.5) is 0 Å². The van der Waals surface area contributed by atoms with Gasteiger partial charge in [-0.1, -0.05) is 12.1 Å². The molecule has 1 aliphatic rings. The number of nitrogens with one attached hydrogen (secondary N) is 1. The normalized spacial score (nSPS) is 21.4. The van der Waals surface area contributed by atoms with Crippen LogP contribution in [0.1, 0.15) is 23.9 Å². The minimum absolute atomic E-state index is 0.253. The van der Waals surface area contributed by atoms with Crippen molar-refractivity contribution >= 4 is 0 Å². The standard InChI is InChI=1S/C18H21N5O/c1-24-16-11-17(18-19-8-9-20-18)22(13-16)12-14-3-5-15(6-4-14)23-10-2-7-21-23/h2-10,16-17H,11-13H2,1H3,(H,19,20)/t16-,17+/m1/s1. The number of methoxy groups -OCH3 is 1. The Kier molecular flexibility index (Phi) is 4.15. The van der Waals surface area contributed by atoms with Gasteiger partial charge in [0, 0.05) is 45.0 Å². The third-order valence-corrected chi connectivity index (χ3v) is 4.62. The highest BCUT2D eigenvalue weighted by atomic mass is 16.5. The molecule has 0 radical (unpaired) electrons. The van der Waals surface area contributed by atoms with Gasteiger partial charge in [0.1, 0.15) is 5.82 Å². The fourth-order valence-corrected chi connectivity index (χ4v) is 3.36. The summed E-state index contributed by atoms with van der Waals surface area (Å²) in [5.41, 5.74) is 2.35. The van der Waals surface area contributed by atoms with Crippen molar-refractivity contribution in [1.82, 2.24) is 24.6 Å². The van der Waals surface area contributed by atoms with Gasteiger partial charge in [0.2, 0.25) is 0 Å². The van der Waals surface area contributed by atoms with E-state index in [0.717, 1.165) is 31.0 Å². The summed E-state index contributed by atoms with van der Waals surface area (Å²) in [4.78, 5) is 10.1. The second-order valence-corrected chi connectivity index (χ2v) is 6.13. The Hall–Kier alpha value is -2.44. The average Bonchev–Trinajstić information content (AvgIpc) is 3.36. The van der Waals surface area contributed by atoms with Crippen molar-refractivity contribution in [1.29, 1.82) is 0 Å². The SMILES string of the molecule is CO[C@@H]1C[C@@H](c2ncc[nH]2)N(Cc2ccc(-n3cccn3)cc2)C1. The number of benzene rings is 1. The lowest BCUT2D eigenvalue weighted by molar-refractivity contribution is 0.107. The lowest BCUT2D eigenvalue weighted by Gasteiger charge is -2.22. The van der Waals surface area contributed by atoms with Gasteiger partial charge in [0.25, 0.3) is 0 Å². The lowest BCUT2D eigenvalue weighted by Crippen LogP contribution is -2.25. The van der Waals surface area contributed by atoms with Crippen molar-refractivity contribution < 1.29 is 4.74 Å². The van der Waals surface area contributed by atoms with Crippen LogP contribution >= 0.6 is 0 Å². The van der Waals surface area contributed by atoms with Gasteiger partial charge in [-0.2, -0.15) is 5.10 Å². The minimum Gasteiger partial charge on any atom is -0.380 e. The van der Waals surface area contributed by atoms with Crippen molar-refractivity contribution in [2.45, 2.75) is 25.1 Å². The Morgan fingerprint density at radius 1 is 1.25 bits per heavy atom. The molecule has 2 aromatic heterocycles. The predicted octanol–water partition coefficient (Wildman–Crippen LogP) is 2.56. The van der Waals surface area contributed by atoms with E-state index in [-0.39, 0.29) is 12.1 Å². The molecule has 0 saturated carbocycles. The smallest absolute Gasteiger partial charge is 0.123 e. The van der Waals surface area contributed by atoms with E-state index in [0.29, 0.717) is 0 Å². The highest BCUT2D eigenvalue weighted by molar-refractivity contribution is 5.33. The first-order valence-electron chi connectivity index (χ1n) is 8.18. The summed E-state index contributed by atoms with van der Waals surface area (Å²) < 4.78 is 7.45. The van der Waals surface area contributed by atoms with E-state index in [2.05, 4.69) is 44.2 Å². The molecule has 124 valence electrons. The number of hydrogen-bond donors (Lipinski definition) is 1. The predicted molar refractivity (Wildman–Crippen MR) is 90.7 cm³/mol. The quantitative estimate of drug-likeness (QED) is 0.784. The van der Waals surface area contributed by atoms with Crippen LogP contribution in [-0.2, 0) is 11.3 Å². The van der Waals surface area contributed by atoms with Gasteiger partial charge in [0.15, 0.2) is 0 Å². The molecular formula is C18H21N5O. The van der Waals surface area contributed by atoms with Gasteiger partial charge < -0.3 is 9.72 Å². The molecule has 1 N–H and O–H groups in total. The van der Waals surface area contributed by atoms with Gasteiger partial charge in [-0.25, -0.2) is 9.67 Å². The fraction of sp³-hybridized carbons (Fsp3) is 0.333. The van der Waals surface area contributed by atoms with E-state index in [4.69, 9.17) is 4.74 Å². The van der Waals surface area contributed by atoms with E-state index in [1.165, 1.54) is 5.56 Å². The van der Waals surface area contributed by atoms with Crippen LogP contribution in [0.3, 0.4) is 0 Å². The fourth-order valence-electron chi connectivity index (χ4n) is 3.36. The first kappa shape index (κ1) is 15.1. The number of hydrogen-bond acceptors (Lipinski definition) is 4. The molecule has 3 heterocycles. The van der Waals surface area contributed by atoms with Gasteiger partial charge in [-0.3, -0.25) is 4.90 Å². The van der Waals surface area contributed by atoms with Crippen molar-refractivity contribution in [3.8, 4) is 5.69 Å². The number of H-pyrrole nitrogens is 1. The first-order valence-corrected chi connectivity index (χ1v) is 8.18. The highest BCUT2D eigenvalue weighted by Gasteiger charge is 2.34. The second-order valence-electron chi connectivity index (χ2n) is 6.13. The average molecular weight is 323 g/mol. The van der Waals surface area contributed by atoms with Crippen LogP contribution in [0.25, 0.3) is 5.69 Å². The maximum atomic E-state index is 5.58. The van der Waals surface area contributed by atoms with Crippen molar-refractivity contribution in [2.75, 3.05) is 13.7 Å². The van der Waals surface area contributed by atoms with Crippen LogP contribution in [-0.4, -0.2) is 44.4 Å². The number of imidazole rings is 1. The van der Waals surface area contributed by atoms with Crippen LogP contribution < -0.4 is 0 Å². The molecule has 24 heavy (non-hydrogen) atoms. The van der Waals surface area contributed by atoms with Crippen LogP contribution in [0.15, 0.2) is 55.1 Å².